The van der Waals surface area contributed by atoms with Crippen molar-refractivity contribution in [1.82, 2.24) is 5.32 Å². The molecule has 0 bridgehead atoms. The molecule has 1 aromatic carbocycles. The highest BCUT2D eigenvalue weighted by Gasteiger charge is 2.18. The third-order valence-electron chi connectivity index (χ3n) is 3.89. The number of hydrogen-bond donors (Lipinski definition) is 1. The molecule has 2 aliphatic rings. The minimum atomic E-state index is 0.653. The maximum absolute atomic E-state index is 5.87. The van der Waals surface area contributed by atoms with Crippen LogP contribution in [0.15, 0.2) is 18.2 Å². The molecule has 1 aromatic rings. The van der Waals surface area contributed by atoms with Gasteiger partial charge in [0, 0.05) is 6.04 Å². The van der Waals surface area contributed by atoms with Gasteiger partial charge in [0.25, 0.3) is 0 Å². The lowest BCUT2D eigenvalue weighted by atomic mass is 9.94. The van der Waals surface area contributed by atoms with Crippen molar-refractivity contribution < 1.29 is 4.74 Å². The third kappa shape index (κ3) is 2.47. The van der Waals surface area contributed by atoms with Crippen molar-refractivity contribution in [1.29, 1.82) is 0 Å². The SMILES string of the molecule is c1cc2c(c(CC3CCCCN3)c1)OCCC2. The Morgan fingerprint density at radius 3 is 3.12 bits per heavy atom. The molecule has 0 radical (unpaired) electrons. The van der Waals surface area contributed by atoms with Gasteiger partial charge < -0.3 is 10.1 Å². The van der Waals surface area contributed by atoms with Crippen LogP contribution in [-0.2, 0) is 12.8 Å². The lowest BCUT2D eigenvalue weighted by Gasteiger charge is -2.26. The predicted octanol–water partition coefficient (Wildman–Crippen LogP) is 2.70. The molecule has 1 unspecified atom stereocenters. The van der Waals surface area contributed by atoms with Crippen molar-refractivity contribution in [2.75, 3.05) is 13.2 Å². The fourth-order valence-electron chi connectivity index (χ4n) is 2.98. The first-order valence-electron chi connectivity index (χ1n) is 6.90. The average Bonchev–Trinajstić information content (AvgIpc) is 2.40. The van der Waals surface area contributed by atoms with Gasteiger partial charge in [0.15, 0.2) is 0 Å². The smallest absolute Gasteiger partial charge is 0.125 e. The van der Waals surface area contributed by atoms with E-state index in [-0.39, 0.29) is 0 Å². The maximum Gasteiger partial charge on any atom is 0.125 e. The fraction of sp³-hybridized carbons (Fsp3) is 0.600. The van der Waals surface area contributed by atoms with Gasteiger partial charge in [0.05, 0.1) is 6.61 Å². The number of ether oxygens (including phenoxy) is 1. The van der Waals surface area contributed by atoms with Crippen LogP contribution in [0.5, 0.6) is 5.75 Å². The summed E-state index contributed by atoms with van der Waals surface area (Å²) in [7, 11) is 0. The van der Waals surface area contributed by atoms with E-state index >= 15 is 0 Å². The maximum atomic E-state index is 5.87. The van der Waals surface area contributed by atoms with Crippen LogP contribution in [0.2, 0.25) is 0 Å². The van der Waals surface area contributed by atoms with Crippen molar-refractivity contribution in [3.63, 3.8) is 0 Å². The molecule has 2 nitrogen and oxygen atoms in total. The molecule has 2 heterocycles. The summed E-state index contributed by atoms with van der Waals surface area (Å²) in [6, 6.07) is 7.29. The van der Waals surface area contributed by atoms with E-state index in [2.05, 4.69) is 23.5 Å². The van der Waals surface area contributed by atoms with Crippen LogP contribution < -0.4 is 10.1 Å². The van der Waals surface area contributed by atoms with E-state index in [4.69, 9.17) is 4.74 Å². The van der Waals surface area contributed by atoms with E-state index in [0.717, 1.165) is 19.4 Å². The standard InChI is InChI=1S/C15H21NO/c1-2-9-16-14(8-1)11-13-6-3-5-12-7-4-10-17-15(12)13/h3,5-6,14,16H,1-2,4,7-11H2. The highest BCUT2D eigenvalue weighted by atomic mass is 16.5. The van der Waals surface area contributed by atoms with Crippen LogP contribution >= 0.6 is 0 Å². The normalized spacial score (nSPS) is 23.9. The molecule has 1 fully saturated rings. The first-order valence-corrected chi connectivity index (χ1v) is 6.90. The number of rotatable bonds is 2. The van der Waals surface area contributed by atoms with E-state index in [1.54, 1.807) is 0 Å². The van der Waals surface area contributed by atoms with Crippen LogP contribution in [0.3, 0.4) is 0 Å². The summed E-state index contributed by atoms with van der Waals surface area (Å²) in [4.78, 5) is 0. The van der Waals surface area contributed by atoms with E-state index in [1.807, 2.05) is 0 Å². The van der Waals surface area contributed by atoms with Crippen LogP contribution in [0.25, 0.3) is 0 Å². The molecule has 0 amide bonds. The predicted molar refractivity (Wildman–Crippen MR) is 69.6 cm³/mol. The van der Waals surface area contributed by atoms with Crippen LogP contribution in [0, 0.1) is 0 Å². The van der Waals surface area contributed by atoms with Gasteiger partial charge in [-0.1, -0.05) is 24.6 Å². The molecule has 0 aliphatic carbocycles. The number of aryl methyl sites for hydroxylation is 1. The molecular weight excluding hydrogens is 210 g/mol. The minimum absolute atomic E-state index is 0.653. The van der Waals surface area contributed by atoms with Gasteiger partial charge in [-0.25, -0.2) is 0 Å². The van der Waals surface area contributed by atoms with Crippen LogP contribution in [-0.4, -0.2) is 19.2 Å². The molecule has 0 spiro atoms. The number of nitrogens with one attached hydrogen (secondary N) is 1. The van der Waals surface area contributed by atoms with Crippen molar-refractivity contribution in [2.24, 2.45) is 0 Å². The Morgan fingerprint density at radius 1 is 1.24 bits per heavy atom. The first kappa shape index (κ1) is 11.1. The zero-order chi connectivity index (χ0) is 11.5. The van der Waals surface area contributed by atoms with Crippen LogP contribution in [0.4, 0.5) is 0 Å². The molecule has 2 aliphatic heterocycles. The summed E-state index contributed by atoms with van der Waals surface area (Å²) in [6.07, 6.45) is 7.49. The molecule has 1 N–H and O–H groups in total. The molecule has 0 aromatic heterocycles. The number of fused-ring (bicyclic) bond motifs is 1. The Morgan fingerprint density at radius 2 is 2.24 bits per heavy atom. The summed E-state index contributed by atoms with van der Waals surface area (Å²) >= 11 is 0. The Bertz CT molecular complexity index is 383. The topological polar surface area (TPSA) is 21.3 Å². The molecule has 3 rings (SSSR count). The summed E-state index contributed by atoms with van der Waals surface area (Å²) in [5.41, 5.74) is 2.81. The van der Waals surface area contributed by atoms with Crippen LogP contribution in [0.1, 0.15) is 36.8 Å². The van der Waals surface area contributed by atoms with E-state index < -0.39 is 0 Å². The number of hydrogen-bond acceptors (Lipinski definition) is 2. The second-order valence-corrected chi connectivity index (χ2v) is 5.21. The minimum Gasteiger partial charge on any atom is -0.493 e. The van der Waals surface area contributed by atoms with Gasteiger partial charge in [-0.15, -0.1) is 0 Å². The number of para-hydroxylation sites is 1. The molecule has 2 heteroatoms. The molecule has 1 atom stereocenters. The summed E-state index contributed by atoms with van der Waals surface area (Å²) in [5, 5.41) is 3.62. The first-order chi connectivity index (χ1) is 8.43. The lowest BCUT2D eigenvalue weighted by molar-refractivity contribution is 0.282. The Balaban J connectivity index is 1.77. The van der Waals surface area contributed by atoms with Crippen molar-refractivity contribution in [3.8, 4) is 5.75 Å². The summed E-state index contributed by atoms with van der Waals surface area (Å²) in [5.74, 6) is 1.19. The van der Waals surface area contributed by atoms with Gasteiger partial charge in [0.1, 0.15) is 5.75 Å². The van der Waals surface area contributed by atoms with Crippen molar-refractivity contribution in [3.05, 3.63) is 29.3 Å². The fourth-order valence-corrected chi connectivity index (χ4v) is 2.98. The zero-order valence-electron chi connectivity index (χ0n) is 10.4. The second-order valence-electron chi connectivity index (χ2n) is 5.21. The summed E-state index contributed by atoms with van der Waals surface area (Å²) < 4.78 is 5.87. The Labute approximate surface area is 103 Å². The molecule has 92 valence electrons. The van der Waals surface area contributed by atoms with Gasteiger partial charge >= 0.3 is 0 Å². The lowest BCUT2D eigenvalue weighted by Crippen LogP contribution is -2.35. The van der Waals surface area contributed by atoms with Crippen molar-refractivity contribution in [2.45, 2.75) is 44.6 Å². The highest BCUT2D eigenvalue weighted by molar-refractivity contribution is 5.43. The van der Waals surface area contributed by atoms with E-state index in [9.17, 15) is 0 Å². The molecule has 1 saturated heterocycles. The third-order valence-corrected chi connectivity index (χ3v) is 3.89. The van der Waals surface area contributed by atoms with Gasteiger partial charge in [-0.3, -0.25) is 0 Å². The number of benzene rings is 1. The quantitative estimate of drug-likeness (QED) is 0.845. The Kier molecular flexibility index (Phi) is 3.32. The number of piperidine rings is 1. The largest absolute Gasteiger partial charge is 0.493 e. The summed E-state index contributed by atoms with van der Waals surface area (Å²) in [6.45, 7) is 2.07. The van der Waals surface area contributed by atoms with Gasteiger partial charge in [0.2, 0.25) is 0 Å². The molecular formula is C15H21NO. The van der Waals surface area contributed by atoms with Gasteiger partial charge in [-0.2, -0.15) is 0 Å². The Hall–Kier alpha value is -1.02. The van der Waals surface area contributed by atoms with Gasteiger partial charge in [-0.05, 0) is 49.8 Å². The van der Waals surface area contributed by atoms with E-state index in [0.29, 0.717) is 6.04 Å². The van der Waals surface area contributed by atoms with Crippen molar-refractivity contribution >= 4 is 0 Å². The van der Waals surface area contributed by atoms with E-state index in [1.165, 1.54) is 49.1 Å². The molecule has 17 heavy (non-hydrogen) atoms. The monoisotopic (exact) mass is 231 g/mol. The average molecular weight is 231 g/mol. The second kappa shape index (κ2) is 5.09. The molecule has 0 saturated carbocycles. The highest BCUT2D eigenvalue weighted by Crippen LogP contribution is 2.30. The zero-order valence-corrected chi connectivity index (χ0v) is 10.4.